The molecule has 4 heteroatoms. The van der Waals surface area contributed by atoms with Crippen LogP contribution >= 0.6 is 0 Å². The first kappa shape index (κ1) is 13.9. The van der Waals surface area contributed by atoms with Crippen molar-refractivity contribution in [3.63, 3.8) is 0 Å². The average Bonchev–Trinajstić information content (AvgIpc) is 2.76. The van der Waals surface area contributed by atoms with Gasteiger partial charge in [-0.3, -0.25) is 4.79 Å². The lowest BCUT2D eigenvalue weighted by molar-refractivity contribution is -0.116. The Hall–Kier alpha value is -2.54. The SMILES string of the molecule is Cc1ccc(C)n1CCC(=O)Nc1ccccc1C#N. The molecule has 1 aromatic carbocycles. The van der Waals surface area contributed by atoms with E-state index < -0.39 is 0 Å². The first-order valence-electron chi connectivity index (χ1n) is 6.53. The molecular weight excluding hydrogens is 250 g/mol. The number of hydrogen-bond acceptors (Lipinski definition) is 2. The number of benzene rings is 1. The monoisotopic (exact) mass is 267 g/mol. The maximum absolute atomic E-state index is 12.0. The van der Waals surface area contributed by atoms with Gasteiger partial charge in [-0.25, -0.2) is 0 Å². The number of nitrogens with one attached hydrogen (secondary N) is 1. The zero-order valence-corrected chi connectivity index (χ0v) is 11.7. The molecule has 0 aliphatic carbocycles. The smallest absolute Gasteiger partial charge is 0.226 e. The number of nitriles is 1. The summed E-state index contributed by atoms with van der Waals surface area (Å²) in [5.74, 6) is -0.0831. The van der Waals surface area contributed by atoms with Crippen molar-refractivity contribution in [3.05, 3.63) is 53.3 Å². The third-order valence-electron chi connectivity index (χ3n) is 3.30. The summed E-state index contributed by atoms with van der Waals surface area (Å²) in [6.07, 6.45) is 0.385. The quantitative estimate of drug-likeness (QED) is 0.925. The van der Waals surface area contributed by atoms with E-state index in [4.69, 9.17) is 5.26 Å². The predicted molar refractivity (Wildman–Crippen MR) is 78.3 cm³/mol. The number of aromatic nitrogens is 1. The second-order valence-electron chi connectivity index (χ2n) is 4.72. The van der Waals surface area contributed by atoms with Crippen molar-refractivity contribution in [1.29, 1.82) is 5.26 Å². The molecule has 0 saturated carbocycles. The van der Waals surface area contributed by atoms with Crippen molar-refractivity contribution in [2.45, 2.75) is 26.8 Å². The number of amides is 1. The minimum Gasteiger partial charge on any atom is -0.349 e. The largest absolute Gasteiger partial charge is 0.349 e. The molecule has 2 rings (SSSR count). The molecule has 2 aromatic rings. The molecule has 1 heterocycles. The van der Waals surface area contributed by atoms with E-state index >= 15 is 0 Å². The Kier molecular flexibility index (Phi) is 4.21. The molecule has 4 nitrogen and oxygen atoms in total. The highest BCUT2D eigenvalue weighted by atomic mass is 16.1. The number of nitrogens with zero attached hydrogens (tertiary/aromatic N) is 2. The Morgan fingerprint density at radius 2 is 1.85 bits per heavy atom. The van der Waals surface area contributed by atoms with Gasteiger partial charge in [-0.2, -0.15) is 5.26 Å². The van der Waals surface area contributed by atoms with Gasteiger partial charge in [0.15, 0.2) is 0 Å². The number of rotatable bonds is 4. The number of hydrogen-bond donors (Lipinski definition) is 1. The molecule has 0 radical (unpaired) electrons. The van der Waals surface area contributed by atoms with Gasteiger partial charge in [0.1, 0.15) is 6.07 Å². The molecule has 0 saturated heterocycles. The highest BCUT2D eigenvalue weighted by molar-refractivity contribution is 5.92. The van der Waals surface area contributed by atoms with Crippen molar-refractivity contribution >= 4 is 11.6 Å². The summed E-state index contributed by atoms with van der Waals surface area (Å²) in [6, 6.07) is 13.2. The van der Waals surface area contributed by atoms with Crippen molar-refractivity contribution in [2.75, 3.05) is 5.32 Å². The zero-order valence-electron chi connectivity index (χ0n) is 11.7. The van der Waals surface area contributed by atoms with Gasteiger partial charge in [-0.05, 0) is 38.1 Å². The fourth-order valence-electron chi connectivity index (χ4n) is 2.17. The highest BCUT2D eigenvalue weighted by Crippen LogP contribution is 2.14. The third-order valence-corrected chi connectivity index (χ3v) is 3.30. The fourth-order valence-corrected chi connectivity index (χ4v) is 2.17. The molecule has 0 aliphatic rings. The van der Waals surface area contributed by atoms with Crippen molar-refractivity contribution in [3.8, 4) is 6.07 Å². The van der Waals surface area contributed by atoms with Gasteiger partial charge in [0, 0.05) is 24.4 Å². The van der Waals surface area contributed by atoms with Gasteiger partial charge in [-0.1, -0.05) is 12.1 Å². The van der Waals surface area contributed by atoms with Gasteiger partial charge < -0.3 is 9.88 Å². The number of anilines is 1. The summed E-state index contributed by atoms with van der Waals surface area (Å²) >= 11 is 0. The van der Waals surface area contributed by atoms with E-state index in [-0.39, 0.29) is 5.91 Å². The van der Waals surface area contributed by atoms with Crippen LogP contribution in [0.2, 0.25) is 0 Å². The van der Waals surface area contributed by atoms with Gasteiger partial charge in [0.25, 0.3) is 0 Å². The molecule has 0 bridgehead atoms. The minimum atomic E-state index is -0.0831. The molecule has 1 amide bonds. The van der Waals surface area contributed by atoms with Crippen LogP contribution in [-0.2, 0) is 11.3 Å². The molecule has 0 fully saturated rings. The van der Waals surface area contributed by atoms with Crippen LogP contribution in [0.3, 0.4) is 0 Å². The Morgan fingerprint density at radius 3 is 2.50 bits per heavy atom. The molecule has 1 N–H and O–H groups in total. The molecule has 20 heavy (non-hydrogen) atoms. The second-order valence-corrected chi connectivity index (χ2v) is 4.72. The topological polar surface area (TPSA) is 57.8 Å². The van der Waals surface area contributed by atoms with E-state index in [9.17, 15) is 4.79 Å². The van der Waals surface area contributed by atoms with E-state index in [1.165, 1.54) is 0 Å². The standard InChI is InChI=1S/C16H17N3O/c1-12-7-8-13(2)19(12)10-9-16(20)18-15-6-4-3-5-14(15)11-17/h3-8H,9-10H2,1-2H3,(H,18,20). The van der Waals surface area contributed by atoms with E-state index in [0.717, 1.165) is 11.4 Å². The van der Waals surface area contributed by atoms with Crippen LogP contribution in [0.5, 0.6) is 0 Å². The van der Waals surface area contributed by atoms with E-state index in [1.54, 1.807) is 24.3 Å². The number of carbonyl (C=O) groups is 1. The number of aryl methyl sites for hydroxylation is 2. The van der Waals surface area contributed by atoms with Gasteiger partial charge >= 0.3 is 0 Å². The van der Waals surface area contributed by atoms with Crippen LogP contribution in [0.15, 0.2) is 36.4 Å². The Morgan fingerprint density at radius 1 is 1.20 bits per heavy atom. The summed E-state index contributed by atoms with van der Waals surface area (Å²) in [7, 11) is 0. The molecular formula is C16H17N3O. The van der Waals surface area contributed by atoms with Crippen LogP contribution in [0.1, 0.15) is 23.4 Å². The molecule has 0 unspecified atom stereocenters. The maximum Gasteiger partial charge on any atom is 0.226 e. The summed E-state index contributed by atoms with van der Waals surface area (Å²) in [5.41, 5.74) is 3.34. The Balaban J connectivity index is 1.98. The van der Waals surface area contributed by atoms with Crippen LogP contribution in [0.4, 0.5) is 5.69 Å². The summed E-state index contributed by atoms with van der Waals surface area (Å²) in [4.78, 5) is 12.0. The summed E-state index contributed by atoms with van der Waals surface area (Å²) in [6.45, 7) is 4.69. The van der Waals surface area contributed by atoms with Crippen LogP contribution in [0.25, 0.3) is 0 Å². The normalized spacial score (nSPS) is 10.1. The van der Waals surface area contributed by atoms with Crippen molar-refractivity contribution in [2.24, 2.45) is 0 Å². The molecule has 102 valence electrons. The average molecular weight is 267 g/mol. The number of para-hydroxylation sites is 1. The molecule has 0 spiro atoms. The van der Waals surface area contributed by atoms with Crippen molar-refractivity contribution in [1.82, 2.24) is 4.57 Å². The molecule has 0 aliphatic heterocycles. The zero-order chi connectivity index (χ0) is 14.5. The summed E-state index contributed by atoms with van der Waals surface area (Å²) in [5, 5.41) is 11.8. The maximum atomic E-state index is 12.0. The lowest BCUT2D eigenvalue weighted by atomic mass is 10.2. The fraction of sp³-hybridized carbons (Fsp3) is 0.250. The second kappa shape index (κ2) is 6.07. The highest BCUT2D eigenvalue weighted by Gasteiger charge is 2.08. The number of carbonyl (C=O) groups excluding carboxylic acids is 1. The molecule has 1 aromatic heterocycles. The van der Waals surface area contributed by atoms with E-state index in [0.29, 0.717) is 24.2 Å². The summed E-state index contributed by atoms with van der Waals surface area (Å²) < 4.78 is 2.11. The molecule has 0 atom stereocenters. The van der Waals surface area contributed by atoms with Crippen LogP contribution in [0, 0.1) is 25.2 Å². The lowest BCUT2D eigenvalue weighted by Crippen LogP contribution is -2.16. The third kappa shape index (κ3) is 3.07. The van der Waals surface area contributed by atoms with Crippen LogP contribution < -0.4 is 5.32 Å². The van der Waals surface area contributed by atoms with Crippen LogP contribution in [-0.4, -0.2) is 10.5 Å². The minimum absolute atomic E-state index is 0.0831. The van der Waals surface area contributed by atoms with Gasteiger partial charge in [-0.15, -0.1) is 0 Å². The first-order chi connectivity index (χ1) is 9.61. The van der Waals surface area contributed by atoms with E-state index in [2.05, 4.69) is 16.0 Å². The van der Waals surface area contributed by atoms with Crippen molar-refractivity contribution < 1.29 is 4.79 Å². The Labute approximate surface area is 118 Å². The van der Waals surface area contributed by atoms with Gasteiger partial charge in [0.05, 0.1) is 11.3 Å². The Bertz CT molecular complexity index is 645. The lowest BCUT2D eigenvalue weighted by Gasteiger charge is -2.10. The van der Waals surface area contributed by atoms with E-state index in [1.807, 2.05) is 26.0 Å². The first-order valence-corrected chi connectivity index (χ1v) is 6.53. The predicted octanol–water partition coefficient (Wildman–Crippen LogP) is 3.01. The van der Waals surface area contributed by atoms with Gasteiger partial charge in [0.2, 0.25) is 5.91 Å².